The number of likely N-dealkylation sites (tertiary alicyclic amines) is 1. The minimum absolute atomic E-state index is 0.0263. The number of fused-ring (bicyclic) bond motifs is 1. The molecule has 134 valence electrons. The van der Waals surface area contributed by atoms with Crippen LogP contribution in [0.3, 0.4) is 0 Å². The van der Waals surface area contributed by atoms with E-state index in [1.54, 1.807) is 40.7 Å². The summed E-state index contributed by atoms with van der Waals surface area (Å²) in [5.41, 5.74) is 2.75. The molecule has 0 unspecified atom stereocenters. The maximum Gasteiger partial charge on any atom is 0.330 e. The van der Waals surface area contributed by atoms with Gasteiger partial charge >= 0.3 is 5.69 Å². The van der Waals surface area contributed by atoms with Gasteiger partial charge in [-0.3, -0.25) is 18.9 Å². The summed E-state index contributed by atoms with van der Waals surface area (Å²) in [6.07, 6.45) is 5.09. The summed E-state index contributed by atoms with van der Waals surface area (Å²) >= 11 is 0. The summed E-state index contributed by atoms with van der Waals surface area (Å²) in [6, 6.07) is 7.23. The first-order chi connectivity index (χ1) is 12.6. The molecule has 0 radical (unpaired) electrons. The van der Waals surface area contributed by atoms with E-state index in [1.165, 1.54) is 0 Å². The van der Waals surface area contributed by atoms with Crippen molar-refractivity contribution in [2.24, 2.45) is 7.05 Å². The van der Waals surface area contributed by atoms with Crippen molar-refractivity contribution >= 4 is 17.1 Å². The second-order valence-corrected chi connectivity index (χ2v) is 6.74. The van der Waals surface area contributed by atoms with E-state index in [-0.39, 0.29) is 17.6 Å². The molecule has 1 fully saturated rings. The number of hydrogen-bond donors (Lipinski definition) is 0. The Bertz CT molecular complexity index is 1040. The van der Waals surface area contributed by atoms with Crippen molar-refractivity contribution in [1.29, 1.82) is 0 Å². The maximum absolute atomic E-state index is 12.9. The zero-order valence-corrected chi connectivity index (χ0v) is 14.9. The second kappa shape index (κ2) is 6.40. The largest absolute Gasteiger partial charge is 0.337 e. The first-order valence-electron chi connectivity index (χ1n) is 8.80. The predicted molar refractivity (Wildman–Crippen MR) is 98.1 cm³/mol. The lowest BCUT2D eigenvalue weighted by Crippen LogP contribution is -2.43. The molecule has 0 bridgehead atoms. The number of amides is 1. The van der Waals surface area contributed by atoms with Gasteiger partial charge in [0.2, 0.25) is 0 Å². The summed E-state index contributed by atoms with van der Waals surface area (Å²) in [6.45, 7) is 3.03. The lowest BCUT2D eigenvalue weighted by atomic mass is 10.0. The van der Waals surface area contributed by atoms with Crippen LogP contribution in [0.1, 0.15) is 34.9 Å². The number of carbonyl (C=O) groups is 1. The van der Waals surface area contributed by atoms with E-state index in [2.05, 4.69) is 9.97 Å². The molecule has 0 aromatic carbocycles. The molecule has 0 saturated carbocycles. The first kappa shape index (κ1) is 16.5. The van der Waals surface area contributed by atoms with E-state index in [9.17, 15) is 9.59 Å². The molecule has 1 aliphatic heterocycles. The summed E-state index contributed by atoms with van der Waals surface area (Å²) in [5.74, 6) is -0.0263. The molecule has 0 aliphatic carbocycles. The van der Waals surface area contributed by atoms with Crippen LogP contribution in [0.5, 0.6) is 0 Å². The van der Waals surface area contributed by atoms with E-state index in [0.29, 0.717) is 24.3 Å². The molecular formula is C19H21N5O2. The lowest BCUT2D eigenvalue weighted by molar-refractivity contribution is 0.0678. The number of carbonyl (C=O) groups excluding carboxylic acids is 1. The summed E-state index contributed by atoms with van der Waals surface area (Å²) < 4.78 is 3.36. The average Bonchev–Trinajstić information content (AvgIpc) is 2.93. The Labute approximate surface area is 150 Å². The van der Waals surface area contributed by atoms with Gasteiger partial charge in [-0.1, -0.05) is 0 Å². The highest BCUT2D eigenvalue weighted by molar-refractivity contribution is 5.95. The van der Waals surface area contributed by atoms with Crippen molar-refractivity contribution < 1.29 is 4.79 Å². The van der Waals surface area contributed by atoms with Crippen molar-refractivity contribution in [3.63, 3.8) is 0 Å². The Kier molecular flexibility index (Phi) is 4.06. The van der Waals surface area contributed by atoms with Gasteiger partial charge in [0, 0.05) is 38.2 Å². The zero-order valence-electron chi connectivity index (χ0n) is 14.9. The van der Waals surface area contributed by atoms with Gasteiger partial charge in [0.05, 0.1) is 17.1 Å². The van der Waals surface area contributed by atoms with Gasteiger partial charge < -0.3 is 4.90 Å². The maximum atomic E-state index is 12.9. The highest BCUT2D eigenvalue weighted by Gasteiger charge is 2.29. The Hall–Kier alpha value is -2.96. The Morgan fingerprint density at radius 3 is 2.77 bits per heavy atom. The molecule has 26 heavy (non-hydrogen) atoms. The molecule has 3 aromatic heterocycles. The topological polar surface area (TPSA) is 73.0 Å². The number of piperidine rings is 1. The fraction of sp³-hybridized carbons (Fsp3) is 0.368. The number of rotatable bonds is 2. The van der Waals surface area contributed by atoms with Crippen molar-refractivity contribution in [3.05, 3.63) is 58.4 Å². The van der Waals surface area contributed by atoms with Gasteiger partial charge in [-0.15, -0.1) is 0 Å². The highest BCUT2D eigenvalue weighted by atomic mass is 16.2. The molecule has 1 saturated heterocycles. The lowest BCUT2D eigenvalue weighted by Gasteiger charge is -2.33. The number of aryl methyl sites for hydroxylation is 2. The van der Waals surface area contributed by atoms with Crippen LogP contribution in [-0.4, -0.2) is 43.0 Å². The van der Waals surface area contributed by atoms with Crippen molar-refractivity contribution in [2.45, 2.75) is 25.8 Å². The first-order valence-corrected chi connectivity index (χ1v) is 8.80. The van der Waals surface area contributed by atoms with Crippen LogP contribution in [-0.2, 0) is 7.05 Å². The summed E-state index contributed by atoms with van der Waals surface area (Å²) in [4.78, 5) is 36.1. The van der Waals surface area contributed by atoms with Crippen molar-refractivity contribution in [2.75, 3.05) is 13.1 Å². The molecule has 4 rings (SSSR count). The Morgan fingerprint density at radius 1 is 1.19 bits per heavy atom. The number of pyridine rings is 2. The SMILES string of the molecule is Cc1ncccc1C(=O)N1CCC[C@H](n2c(=O)n(C)c3cccnc32)C1. The monoisotopic (exact) mass is 351 g/mol. The van der Waals surface area contributed by atoms with Crippen LogP contribution in [0.4, 0.5) is 0 Å². The van der Waals surface area contributed by atoms with E-state index in [4.69, 9.17) is 0 Å². The normalized spacial score (nSPS) is 17.6. The summed E-state index contributed by atoms with van der Waals surface area (Å²) in [7, 11) is 1.76. The Morgan fingerprint density at radius 2 is 1.96 bits per heavy atom. The van der Waals surface area contributed by atoms with Gasteiger partial charge in [0.25, 0.3) is 5.91 Å². The minimum atomic E-state index is -0.0874. The summed E-state index contributed by atoms with van der Waals surface area (Å²) in [5, 5.41) is 0. The van der Waals surface area contributed by atoms with Crippen LogP contribution in [0.25, 0.3) is 11.2 Å². The van der Waals surface area contributed by atoms with Crippen molar-refractivity contribution in [3.8, 4) is 0 Å². The predicted octanol–water partition coefficient (Wildman–Crippen LogP) is 1.92. The molecule has 0 N–H and O–H groups in total. The fourth-order valence-electron chi connectivity index (χ4n) is 3.75. The van der Waals surface area contributed by atoms with E-state index in [1.807, 2.05) is 24.0 Å². The molecule has 3 aromatic rings. The van der Waals surface area contributed by atoms with Gasteiger partial charge in [0.1, 0.15) is 0 Å². The molecule has 4 heterocycles. The standard InChI is InChI=1S/C19H21N5O2/c1-13-15(7-3-9-20-13)18(25)23-11-5-6-14(12-23)24-17-16(8-4-10-21-17)22(2)19(24)26/h3-4,7-10,14H,5-6,11-12H2,1-2H3/t14-/m0/s1. The van der Waals surface area contributed by atoms with Crippen LogP contribution in [0.15, 0.2) is 41.5 Å². The fourth-order valence-corrected chi connectivity index (χ4v) is 3.75. The highest BCUT2D eigenvalue weighted by Crippen LogP contribution is 2.25. The Balaban J connectivity index is 1.68. The third-order valence-corrected chi connectivity index (χ3v) is 5.13. The van der Waals surface area contributed by atoms with Crippen LogP contribution in [0.2, 0.25) is 0 Å². The van der Waals surface area contributed by atoms with E-state index < -0.39 is 0 Å². The van der Waals surface area contributed by atoms with Crippen LogP contribution < -0.4 is 5.69 Å². The molecule has 7 heteroatoms. The minimum Gasteiger partial charge on any atom is -0.337 e. The number of hydrogen-bond acceptors (Lipinski definition) is 4. The molecule has 0 spiro atoms. The van der Waals surface area contributed by atoms with Gasteiger partial charge in [-0.05, 0) is 44.0 Å². The third-order valence-electron chi connectivity index (χ3n) is 5.13. The number of nitrogens with zero attached hydrogens (tertiary/aromatic N) is 5. The van der Waals surface area contributed by atoms with Gasteiger partial charge in [0.15, 0.2) is 5.65 Å². The van der Waals surface area contributed by atoms with E-state index >= 15 is 0 Å². The quantitative estimate of drug-likeness (QED) is 0.707. The molecule has 7 nitrogen and oxygen atoms in total. The second-order valence-electron chi connectivity index (χ2n) is 6.74. The number of aromatic nitrogens is 4. The van der Waals surface area contributed by atoms with Crippen molar-refractivity contribution in [1.82, 2.24) is 24.0 Å². The van der Waals surface area contributed by atoms with Crippen LogP contribution >= 0.6 is 0 Å². The number of imidazole rings is 1. The van der Waals surface area contributed by atoms with Crippen LogP contribution in [0, 0.1) is 6.92 Å². The van der Waals surface area contributed by atoms with Gasteiger partial charge in [-0.2, -0.15) is 0 Å². The van der Waals surface area contributed by atoms with E-state index in [0.717, 1.165) is 24.1 Å². The zero-order chi connectivity index (χ0) is 18.3. The smallest absolute Gasteiger partial charge is 0.330 e. The third kappa shape index (κ3) is 2.60. The average molecular weight is 351 g/mol. The molecular weight excluding hydrogens is 330 g/mol. The molecule has 1 amide bonds. The molecule has 1 atom stereocenters. The molecule has 1 aliphatic rings. The van der Waals surface area contributed by atoms with Gasteiger partial charge in [-0.25, -0.2) is 9.78 Å².